The Morgan fingerprint density at radius 3 is 2.75 bits per heavy atom. The second-order valence-electron chi connectivity index (χ2n) is 6.06. The normalized spacial score (nSPS) is 12.5. The fourth-order valence-electron chi connectivity index (χ4n) is 2.89. The van der Waals surface area contributed by atoms with Gasteiger partial charge < -0.3 is 9.73 Å². The Balaban J connectivity index is 1.86. The number of halogens is 1. The average molecular weight is 343 g/mol. The SMILES string of the molecule is CCc1ccc2c(C[NH2+][C@H](C)c3cccc(Cl)c3)cc(=O)oc2c1. The lowest BCUT2D eigenvalue weighted by Crippen LogP contribution is -2.83. The molecule has 2 aromatic carbocycles. The van der Waals surface area contributed by atoms with E-state index in [0.29, 0.717) is 12.1 Å². The van der Waals surface area contributed by atoms with Crippen LogP contribution in [-0.4, -0.2) is 0 Å². The van der Waals surface area contributed by atoms with Crippen LogP contribution in [-0.2, 0) is 13.0 Å². The molecule has 0 unspecified atom stereocenters. The molecule has 0 aliphatic carbocycles. The summed E-state index contributed by atoms with van der Waals surface area (Å²) in [4.78, 5) is 11.9. The molecule has 0 aliphatic rings. The Bertz CT molecular complexity index is 917. The van der Waals surface area contributed by atoms with E-state index in [0.717, 1.165) is 22.4 Å². The predicted molar refractivity (Wildman–Crippen MR) is 97.4 cm³/mol. The van der Waals surface area contributed by atoms with Gasteiger partial charge in [-0.15, -0.1) is 0 Å². The molecule has 24 heavy (non-hydrogen) atoms. The molecule has 0 radical (unpaired) electrons. The second-order valence-corrected chi connectivity index (χ2v) is 6.49. The van der Waals surface area contributed by atoms with E-state index in [2.05, 4.69) is 31.3 Å². The van der Waals surface area contributed by atoms with Gasteiger partial charge in [0.15, 0.2) is 0 Å². The molecule has 2 N–H and O–H groups in total. The Morgan fingerprint density at radius 1 is 1.17 bits per heavy atom. The first kappa shape index (κ1) is 16.7. The van der Waals surface area contributed by atoms with Crippen LogP contribution in [0.5, 0.6) is 0 Å². The number of hydrogen-bond donors (Lipinski definition) is 1. The average Bonchev–Trinajstić information content (AvgIpc) is 2.58. The number of hydrogen-bond acceptors (Lipinski definition) is 2. The molecule has 0 amide bonds. The van der Waals surface area contributed by atoms with Crippen molar-refractivity contribution in [3.8, 4) is 0 Å². The van der Waals surface area contributed by atoms with Gasteiger partial charge >= 0.3 is 5.63 Å². The number of benzene rings is 2. The Kier molecular flexibility index (Phi) is 5.03. The molecule has 0 spiro atoms. The van der Waals surface area contributed by atoms with Gasteiger partial charge in [-0.3, -0.25) is 0 Å². The van der Waals surface area contributed by atoms with Gasteiger partial charge in [0.05, 0.1) is 0 Å². The summed E-state index contributed by atoms with van der Waals surface area (Å²) in [6.07, 6.45) is 0.918. The van der Waals surface area contributed by atoms with Gasteiger partial charge in [-0.2, -0.15) is 0 Å². The van der Waals surface area contributed by atoms with Crippen LogP contribution < -0.4 is 10.9 Å². The number of nitrogens with two attached hydrogens (primary N) is 1. The molecule has 1 heterocycles. The Labute approximate surface area is 146 Å². The number of quaternary nitrogens is 1. The van der Waals surface area contributed by atoms with Gasteiger partial charge in [0.1, 0.15) is 18.2 Å². The van der Waals surface area contributed by atoms with E-state index >= 15 is 0 Å². The third-order valence-corrected chi connectivity index (χ3v) is 4.60. The highest BCUT2D eigenvalue weighted by atomic mass is 35.5. The zero-order valence-corrected chi connectivity index (χ0v) is 14.6. The van der Waals surface area contributed by atoms with Crippen molar-refractivity contribution in [2.24, 2.45) is 0 Å². The minimum atomic E-state index is -0.297. The van der Waals surface area contributed by atoms with E-state index in [1.165, 1.54) is 11.1 Å². The minimum Gasteiger partial charge on any atom is -0.423 e. The lowest BCUT2D eigenvalue weighted by atomic mass is 10.0. The lowest BCUT2D eigenvalue weighted by Gasteiger charge is -2.12. The van der Waals surface area contributed by atoms with E-state index in [1.807, 2.05) is 30.3 Å². The van der Waals surface area contributed by atoms with Crippen LogP contribution in [0, 0.1) is 0 Å². The van der Waals surface area contributed by atoms with Gasteiger partial charge in [0.2, 0.25) is 0 Å². The highest BCUT2D eigenvalue weighted by Gasteiger charge is 2.12. The third-order valence-electron chi connectivity index (χ3n) is 4.37. The largest absolute Gasteiger partial charge is 0.423 e. The van der Waals surface area contributed by atoms with E-state index in [-0.39, 0.29) is 11.7 Å². The zero-order valence-electron chi connectivity index (χ0n) is 13.9. The molecule has 3 rings (SSSR count). The molecule has 4 heteroatoms. The smallest absolute Gasteiger partial charge is 0.336 e. The molecular formula is C20H21ClNO2+. The number of rotatable bonds is 5. The Hall–Kier alpha value is -2.10. The summed E-state index contributed by atoms with van der Waals surface area (Å²) < 4.78 is 5.37. The number of aryl methyl sites for hydroxylation is 1. The topological polar surface area (TPSA) is 46.8 Å². The van der Waals surface area contributed by atoms with Gasteiger partial charge in [-0.25, -0.2) is 4.79 Å². The summed E-state index contributed by atoms with van der Waals surface area (Å²) in [6.45, 7) is 4.93. The highest BCUT2D eigenvalue weighted by molar-refractivity contribution is 6.30. The summed E-state index contributed by atoms with van der Waals surface area (Å²) in [6, 6.07) is 15.8. The van der Waals surface area contributed by atoms with Crippen molar-refractivity contribution in [1.82, 2.24) is 0 Å². The maximum atomic E-state index is 11.9. The van der Waals surface area contributed by atoms with Crippen molar-refractivity contribution >= 4 is 22.6 Å². The molecular weight excluding hydrogens is 322 g/mol. The quantitative estimate of drug-likeness (QED) is 0.716. The molecule has 1 aromatic heterocycles. The van der Waals surface area contributed by atoms with Crippen LogP contribution in [0.4, 0.5) is 0 Å². The molecule has 3 aromatic rings. The van der Waals surface area contributed by atoms with E-state index in [4.69, 9.17) is 16.0 Å². The van der Waals surface area contributed by atoms with Crippen LogP contribution in [0.2, 0.25) is 5.02 Å². The first-order valence-electron chi connectivity index (χ1n) is 8.21. The van der Waals surface area contributed by atoms with Gasteiger partial charge in [-0.1, -0.05) is 42.8 Å². The van der Waals surface area contributed by atoms with Crippen LogP contribution >= 0.6 is 11.6 Å². The van der Waals surface area contributed by atoms with E-state index < -0.39 is 0 Å². The van der Waals surface area contributed by atoms with Crippen LogP contribution in [0.1, 0.15) is 36.6 Å². The van der Waals surface area contributed by atoms with E-state index in [9.17, 15) is 4.79 Å². The minimum absolute atomic E-state index is 0.251. The van der Waals surface area contributed by atoms with Gasteiger partial charge in [0.25, 0.3) is 0 Å². The molecule has 0 bridgehead atoms. The fraction of sp³-hybridized carbons (Fsp3) is 0.250. The zero-order chi connectivity index (χ0) is 17.1. The summed E-state index contributed by atoms with van der Waals surface area (Å²) in [5.41, 5.74) is 3.70. The van der Waals surface area contributed by atoms with Crippen molar-refractivity contribution in [2.45, 2.75) is 32.9 Å². The highest BCUT2D eigenvalue weighted by Crippen LogP contribution is 2.19. The number of fused-ring (bicyclic) bond motifs is 1. The van der Waals surface area contributed by atoms with Gasteiger partial charge in [0, 0.05) is 27.6 Å². The molecule has 0 fully saturated rings. The van der Waals surface area contributed by atoms with Crippen LogP contribution in [0.15, 0.2) is 57.7 Å². The standard InChI is InChI=1S/C20H20ClNO2/c1-3-14-7-8-18-16(11-20(23)24-19(18)9-14)12-22-13(2)15-5-4-6-17(21)10-15/h4-11,13,22H,3,12H2,1-2H3/p+1/t13-/m1/s1. The summed E-state index contributed by atoms with van der Waals surface area (Å²) in [7, 11) is 0. The summed E-state index contributed by atoms with van der Waals surface area (Å²) in [5, 5.41) is 3.94. The van der Waals surface area contributed by atoms with E-state index in [1.54, 1.807) is 6.07 Å². The van der Waals surface area contributed by atoms with Crippen molar-refractivity contribution in [3.63, 3.8) is 0 Å². The van der Waals surface area contributed by atoms with Crippen molar-refractivity contribution < 1.29 is 9.73 Å². The maximum Gasteiger partial charge on any atom is 0.336 e. The predicted octanol–water partition coefficient (Wildman–Crippen LogP) is 3.83. The lowest BCUT2D eigenvalue weighted by molar-refractivity contribution is -0.707. The van der Waals surface area contributed by atoms with Crippen LogP contribution in [0.25, 0.3) is 11.0 Å². The maximum absolute atomic E-state index is 11.9. The first-order valence-corrected chi connectivity index (χ1v) is 8.59. The molecule has 3 nitrogen and oxygen atoms in total. The fourth-order valence-corrected chi connectivity index (χ4v) is 3.09. The molecule has 0 saturated heterocycles. The van der Waals surface area contributed by atoms with Crippen molar-refractivity contribution in [3.05, 3.63) is 80.7 Å². The molecule has 1 atom stereocenters. The molecule has 124 valence electrons. The van der Waals surface area contributed by atoms with Gasteiger partial charge in [-0.05, 0) is 37.1 Å². The summed E-state index contributed by atoms with van der Waals surface area (Å²) >= 11 is 6.07. The van der Waals surface area contributed by atoms with Crippen molar-refractivity contribution in [2.75, 3.05) is 0 Å². The molecule has 0 saturated carbocycles. The third kappa shape index (κ3) is 3.69. The molecule has 0 aliphatic heterocycles. The van der Waals surface area contributed by atoms with Crippen molar-refractivity contribution in [1.29, 1.82) is 0 Å². The summed E-state index contributed by atoms with van der Waals surface area (Å²) in [5.74, 6) is 0. The Morgan fingerprint density at radius 2 is 2.00 bits per heavy atom. The monoisotopic (exact) mass is 342 g/mol. The second kappa shape index (κ2) is 7.20. The van der Waals surface area contributed by atoms with Crippen LogP contribution in [0.3, 0.4) is 0 Å². The first-order chi connectivity index (χ1) is 11.6.